The molecule has 0 aliphatic heterocycles. The molecular formula is C11H13NOS. The van der Waals surface area contributed by atoms with Crippen LogP contribution < -0.4 is 0 Å². The van der Waals surface area contributed by atoms with Gasteiger partial charge < -0.3 is 0 Å². The average molecular weight is 207 g/mol. The van der Waals surface area contributed by atoms with Crippen LogP contribution in [-0.2, 0) is 0 Å². The van der Waals surface area contributed by atoms with Gasteiger partial charge in [-0.15, -0.1) is 11.8 Å². The zero-order valence-corrected chi connectivity index (χ0v) is 8.80. The van der Waals surface area contributed by atoms with E-state index in [2.05, 4.69) is 4.98 Å². The zero-order chi connectivity index (χ0) is 9.80. The fourth-order valence-electron chi connectivity index (χ4n) is 1.71. The molecule has 1 aliphatic rings. The van der Waals surface area contributed by atoms with Crippen LogP contribution in [0.2, 0.25) is 0 Å². The lowest BCUT2D eigenvalue weighted by atomic mass is 10.3. The van der Waals surface area contributed by atoms with Gasteiger partial charge in [0.05, 0.1) is 5.03 Å². The minimum Gasteiger partial charge on any atom is -0.298 e. The van der Waals surface area contributed by atoms with Crippen molar-refractivity contribution in [2.24, 2.45) is 0 Å². The van der Waals surface area contributed by atoms with Crippen LogP contribution >= 0.6 is 11.8 Å². The third kappa shape index (κ3) is 2.35. The summed E-state index contributed by atoms with van der Waals surface area (Å²) in [4.78, 5) is 14.7. The number of aldehydes is 1. The van der Waals surface area contributed by atoms with E-state index < -0.39 is 0 Å². The highest BCUT2D eigenvalue weighted by molar-refractivity contribution is 7.99. The van der Waals surface area contributed by atoms with Crippen molar-refractivity contribution in [1.82, 2.24) is 4.98 Å². The molecule has 1 heterocycles. The van der Waals surface area contributed by atoms with Crippen molar-refractivity contribution in [2.45, 2.75) is 36.0 Å². The van der Waals surface area contributed by atoms with Crippen LogP contribution in [0.15, 0.2) is 23.4 Å². The maximum Gasteiger partial charge on any atom is 0.151 e. The van der Waals surface area contributed by atoms with Gasteiger partial charge in [0, 0.05) is 17.0 Å². The van der Waals surface area contributed by atoms with Crippen LogP contribution in [0.1, 0.15) is 36.0 Å². The molecule has 2 rings (SSSR count). The van der Waals surface area contributed by atoms with Crippen molar-refractivity contribution >= 4 is 18.0 Å². The second-order valence-electron chi connectivity index (χ2n) is 3.57. The lowest BCUT2D eigenvalue weighted by Crippen LogP contribution is -1.94. The highest BCUT2D eigenvalue weighted by atomic mass is 32.2. The second-order valence-corrected chi connectivity index (χ2v) is 4.89. The molecule has 0 aromatic carbocycles. The Balaban J connectivity index is 1.98. The first-order valence-electron chi connectivity index (χ1n) is 4.96. The third-order valence-corrected chi connectivity index (χ3v) is 3.77. The lowest BCUT2D eigenvalue weighted by Gasteiger charge is -2.06. The zero-order valence-electron chi connectivity index (χ0n) is 7.98. The molecule has 0 bridgehead atoms. The van der Waals surface area contributed by atoms with Gasteiger partial charge in [-0.3, -0.25) is 4.79 Å². The van der Waals surface area contributed by atoms with E-state index in [-0.39, 0.29) is 0 Å². The highest BCUT2D eigenvalue weighted by Crippen LogP contribution is 2.33. The van der Waals surface area contributed by atoms with E-state index in [1.807, 2.05) is 23.9 Å². The molecule has 0 N–H and O–H groups in total. The van der Waals surface area contributed by atoms with E-state index in [4.69, 9.17) is 0 Å². The summed E-state index contributed by atoms with van der Waals surface area (Å²) in [5.41, 5.74) is 0.653. The summed E-state index contributed by atoms with van der Waals surface area (Å²) in [5.74, 6) is 0. The number of rotatable bonds is 3. The first-order valence-corrected chi connectivity index (χ1v) is 5.84. The lowest BCUT2D eigenvalue weighted by molar-refractivity contribution is 0.112. The summed E-state index contributed by atoms with van der Waals surface area (Å²) >= 11 is 1.84. The molecule has 2 nitrogen and oxygen atoms in total. The summed E-state index contributed by atoms with van der Waals surface area (Å²) < 4.78 is 0. The molecule has 0 unspecified atom stereocenters. The smallest absolute Gasteiger partial charge is 0.151 e. The van der Waals surface area contributed by atoms with Crippen molar-refractivity contribution in [2.75, 3.05) is 0 Å². The minimum absolute atomic E-state index is 0.653. The van der Waals surface area contributed by atoms with E-state index in [1.54, 1.807) is 6.20 Å². The molecule has 1 saturated carbocycles. The number of hydrogen-bond acceptors (Lipinski definition) is 3. The van der Waals surface area contributed by atoms with E-state index >= 15 is 0 Å². The molecule has 1 aliphatic carbocycles. The maximum atomic E-state index is 10.4. The van der Waals surface area contributed by atoms with E-state index in [1.165, 1.54) is 25.7 Å². The molecule has 1 aromatic heterocycles. The molecular weight excluding hydrogens is 194 g/mol. The average Bonchev–Trinajstić information content (AvgIpc) is 2.72. The van der Waals surface area contributed by atoms with Crippen molar-refractivity contribution in [1.29, 1.82) is 0 Å². The van der Waals surface area contributed by atoms with Crippen LogP contribution in [-0.4, -0.2) is 16.5 Å². The van der Waals surface area contributed by atoms with Gasteiger partial charge in [-0.05, 0) is 25.0 Å². The summed E-state index contributed by atoms with van der Waals surface area (Å²) in [5, 5.41) is 1.78. The standard InChI is InChI=1S/C11H13NOS/c13-8-9-5-6-11(12-7-9)14-10-3-1-2-4-10/h5-8,10H,1-4H2. The van der Waals surface area contributed by atoms with Gasteiger partial charge >= 0.3 is 0 Å². The monoisotopic (exact) mass is 207 g/mol. The van der Waals surface area contributed by atoms with Gasteiger partial charge in [0.2, 0.25) is 0 Å². The normalized spacial score (nSPS) is 17.1. The molecule has 1 fully saturated rings. The van der Waals surface area contributed by atoms with Gasteiger partial charge in [0.25, 0.3) is 0 Å². The highest BCUT2D eigenvalue weighted by Gasteiger charge is 2.16. The number of carbonyl (C=O) groups excluding carboxylic acids is 1. The fraction of sp³-hybridized carbons (Fsp3) is 0.455. The Morgan fingerprint density at radius 3 is 2.71 bits per heavy atom. The van der Waals surface area contributed by atoms with E-state index in [9.17, 15) is 4.79 Å². The molecule has 0 spiro atoms. The first-order chi connectivity index (χ1) is 6.88. The van der Waals surface area contributed by atoms with Gasteiger partial charge in [0.1, 0.15) is 0 Å². The third-order valence-electron chi connectivity index (χ3n) is 2.48. The van der Waals surface area contributed by atoms with E-state index in [0.29, 0.717) is 5.56 Å². The summed E-state index contributed by atoms with van der Waals surface area (Å²) in [6, 6.07) is 3.77. The predicted molar refractivity (Wildman–Crippen MR) is 57.7 cm³/mol. The van der Waals surface area contributed by atoms with Crippen molar-refractivity contribution in [3.05, 3.63) is 23.9 Å². The van der Waals surface area contributed by atoms with Crippen LogP contribution in [0.25, 0.3) is 0 Å². The Kier molecular flexibility index (Phi) is 3.19. The minimum atomic E-state index is 0.653. The van der Waals surface area contributed by atoms with Gasteiger partial charge in [0.15, 0.2) is 6.29 Å². The molecule has 0 saturated heterocycles. The molecule has 74 valence electrons. The largest absolute Gasteiger partial charge is 0.298 e. The van der Waals surface area contributed by atoms with Crippen molar-refractivity contribution in [3.63, 3.8) is 0 Å². The molecule has 0 amide bonds. The second kappa shape index (κ2) is 4.60. The predicted octanol–water partition coefficient (Wildman–Crippen LogP) is 2.93. The van der Waals surface area contributed by atoms with E-state index in [0.717, 1.165) is 16.6 Å². The number of carbonyl (C=O) groups is 1. The summed E-state index contributed by atoms with van der Waals surface area (Å²) in [6.45, 7) is 0. The van der Waals surface area contributed by atoms with Crippen molar-refractivity contribution in [3.8, 4) is 0 Å². The molecule has 0 radical (unpaired) electrons. The summed E-state index contributed by atoms with van der Waals surface area (Å²) in [6.07, 6.45) is 7.79. The number of nitrogens with zero attached hydrogens (tertiary/aromatic N) is 1. The molecule has 0 atom stereocenters. The number of aromatic nitrogens is 1. The Bertz CT molecular complexity index is 304. The number of hydrogen-bond donors (Lipinski definition) is 0. The number of thioether (sulfide) groups is 1. The van der Waals surface area contributed by atoms with Gasteiger partial charge in [-0.2, -0.15) is 0 Å². The van der Waals surface area contributed by atoms with Gasteiger partial charge in [-0.1, -0.05) is 12.8 Å². The van der Waals surface area contributed by atoms with Crippen LogP contribution in [0.5, 0.6) is 0 Å². The summed E-state index contributed by atoms with van der Waals surface area (Å²) in [7, 11) is 0. The Morgan fingerprint density at radius 1 is 1.36 bits per heavy atom. The SMILES string of the molecule is O=Cc1ccc(SC2CCCC2)nc1. The van der Waals surface area contributed by atoms with Gasteiger partial charge in [-0.25, -0.2) is 4.98 Å². The molecule has 14 heavy (non-hydrogen) atoms. The van der Waals surface area contributed by atoms with Crippen LogP contribution in [0.3, 0.4) is 0 Å². The molecule has 3 heteroatoms. The quantitative estimate of drug-likeness (QED) is 0.714. The van der Waals surface area contributed by atoms with Crippen molar-refractivity contribution < 1.29 is 4.79 Å². The fourth-order valence-corrected chi connectivity index (χ4v) is 2.88. The Hall–Kier alpha value is -0.830. The van der Waals surface area contributed by atoms with Crippen LogP contribution in [0, 0.1) is 0 Å². The van der Waals surface area contributed by atoms with Crippen LogP contribution in [0.4, 0.5) is 0 Å². The Morgan fingerprint density at radius 2 is 2.14 bits per heavy atom. The molecule has 1 aromatic rings. The Labute approximate surface area is 88.1 Å². The number of pyridine rings is 1. The first kappa shape index (κ1) is 9.71. The topological polar surface area (TPSA) is 30.0 Å². The maximum absolute atomic E-state index is 10.4.